The Morgan fingerprint density at radius 2 is 2.44 bits per heavy atom. The molecule has 2 nitrogen and oxygen atoms in total. The van der Waals surface area contributed by atoms with Gasteiger partial charge < -0.3 is 5.32 Å². The number of carbonyl (C=O) groups is 1. The lowest BCUT2D eigenvalue weighted by Gasteiger charge is -2.26. The summed E-state index contributed by atoms with van der Waals surface area (Å²) >= 11 is 5.08. The van der Waals surface area contributed by atoms with Crippen LogP contribution in [0, 0.1) is 0 Å². The third-order valence-electron chi connectivity index (χ3n) is 3.34. The van der Waals surface area contributed by atoms with Crippen LogP contribution in [-0.4, -0.2) is 17.9 Å². The maximum absolute atomic E-state index is 12.3. The molecule has 0 aromatic carbocycles. The van der Waals surface area contributed by atoms with Crippen molar-refractivity contribution >= 4 is 33.0 Å². The molecule has 16 heavy (non-hydrogen) atoms. The highest BCUT2D eigenvalue weighted by Gasteiger charge is 2.38. The molecule has 2 heterocycles. The number of rotatable bonds is 4. The zero-order valence-electron chi connectivity index (χ0n) is 9.38. The molecule has 1 unspecified atom stereocenters. The quantitative estimate of drug-likeness (QED) is 0.925. The zero-order valence-corrected chi connectivity index (χ0v) is 11.8. The lowest BCUT2D eigenvalue weighted by atomic mass is 9.87. The first-order chi connectivity index (χ1) is 7.66. The topological polar surface area (TPSA) is 29.1 Å². The van der Waals surface area contributed by atoms with Crippen molar-refractivity contribution in [3.05, 3.63) is 20.8 Å². The number of ketones is 1. The standard InChI is InChI=1S/C12H16BrNOS/c1-2-12(6-3-7-14-12)10(15)8-9-4-5-11(13)16-9/h4-5,14H,2-3,6-8H2,1H3. The molecule has 0 saturated carbocycles. The third-order valence-corrected chi connectivity index (χ3v) is 4.97. The number of thiophene rings is 1. The van der Waals surface area contributed by atoms with Gasteiger partial charge in [0.1, 0.15) is 0 Å². The van der Waals surface area contributed by atoms with Gasteiger partial charge in [-0.1, -0.05) is 6.92 Å². The van der Waals surface area contributed by atoms with Gasteiger partial charge >= 0.3 is 0 Å². The fraction of sp³-hybridized carbons (Fsp3) is 0.583. The van der Waals surface area contributed by atoms with E-state index in [1.807, 2.05) is 12.1 Å². The molecule has 1 aliphatic heterocycles. The van der Waals surface area contributed by atoms with Gasteiger partial charge in [-0.3, -0.25) is 4.79 Å². The first kappa shape index (κ1) is 12.3. The predicted octanol–water partition coefficient (Wildman–Crippen LogP) is 3.15. The molecule has 1 aromatic heterocycles. The summed E-state index contributed by atoms with van der Waals surface area (Å²) in [4.78, 5) is 13.5. The van der Waals surface area contributed by atoms with E-state index in [9.17, 15) is 4.79 Å². The van der Waals surface area contributed by atoms with Gasteiger partial charge in [-0.15, -0.1) is 11.3 Å². The van der Waals surface area contributed by atoms with E-state index >= 15 is 0 Å². The van der Waals surface area contributed by atoms with Crippen molar-refractivity contribution in [2.75, 3.05) is 6.54 Å². The minimum absolute atomic E-state index is 0.240. The Bertz CT molecular complexity index is 382. The van der Waals surface area contributed by atoms with Crippen LogP contribution in [0.25, 0.3) is 0 Å². The molecule has 1 aliphatic rings. The average molecular weight is 302 g/mol. The molecule has 88 valence electrons. The van der Waals surface area contributed by atoms with Crippen LogP contribution >= 0.6 is 27.3 Å². The molecule has 2 rings (SSSR count). The van der Waals surface area contributed by atoms with E-state index in [0.717, 1.165) is 34.5 Å². The molecule has 1 saturated heterocycles. The Balaban J connectivity index is 2.07. The number of Topliss-reactive ketones (excluding diaryl/α,β-unsaturated/α-hetero) is 1. The lowest BCUT2D eigenvalue weighted by molar-refractivity contribution is -0.124. The molecule has 1 aromatic rings. The molecule has 0 bridgehead atoms. The molecule has 4 heteroatoms. The Morgan fingerprint density at radius 3 is 2.94 bits per heavy atom. The Kier molecular flexibility index (Phi) is 3.82. The SMILES string of the molecule is CCC1(C(=O)Cc2ccc(Br)s2)CCCN1. The van der Waals surface area contributed by atoms with Gasteiger partial charge in [0.2, 0.25) is 0 Å². The second-order valence-corrected chi connectivity index (χ2v) is 6.82. The van der Waals surface area contributed by atoms with E-state index in [2.05, 4.69) is 28.2 Å². The molecule has 0 amide bonds. The van der Waals surface area contributed by atoms with E-state index in [4.69, 9.17) is 0 Å². The summed E-state index contributed by atoms with van der Waals surface area (Å²) in [6.45, 7) is 3.08. The largest absolute Gasteiger partial charge is 0.305 e. The van der Waals surface area contributed by atoms with E-state index < -0.39 is 0 Å². The van der Waals surface area contributed by atoms with Gasteiger partial charge in [0.25, 0.3) is 0 Å². The highest BCUT2D eigenvalue weighted by Crippen LogP contribution is 2.28. The van der Waals surface area contributed by atoms with E-state index in [1.54, 1.807) is 11.3 Å². The molecule has 1 N–H and O–H groups in total. The zero-order chi connectivity index (χ0) is 11.6. The summed E-state index contributed by atoms with van der Waals surface area (Å²) in [5.41, 5.74) is -0.240. The predicted molar refractivity (Wildman–Crippen MR) is 71.0 cm³/mol. The maximum Gasteiger partial charge on any atom is 0.158 e. The van der Waals surface area contributed by atoms with Crippen LogP contribution in [0.5, 0.6) is 0 Å². The summed E-state index contributed by atoms with van der Waals surface area (Å²) in [5.74, 6) is 0.349. The van der Waals surface area contributed by atoms with Crippen molar-refractivity contribution in [2.24, 2.45) is 0 Å². The van der Waals surface area contributed by atoms with Crippen molar-refractivity contribution in [3.63, 3.8) is 0 Å². The average Bonchev–Trinajstić information content (AvgIpc) is 2.88. The first-order valence-corrected chi connectivity index (χ1v) is 7.30. The van der Waals surface area contributed by atoms with Crippen LogP contribution in [0.3, 0.4) is 0 Å². The van der Waals surface area contributed by atoms with Crippen molar-refractivity contribution in [2.45, 2.75) is 38.1 Å². The van der Waals surface area contributed by atoms with Crippen molar-refractivity contribution in [3.8, 4) is 0 Å². The van der Waals surface area contributed by atoms with Crippen LogP contribution in [-0.2, 0) is 11.2 Å². The molecule has 1 atom stereocenters. The molecular weight excluding hydrogens is 286 g/mol. The number of hydrogen-bond donors (Lipinski definition) is 1. The van der Waals surface area contributed by atoms with Crippen molar-refractivity contribution in [1.82, 2.24) is 5.32 Å². The smallest absolute Gasteiger partial charge is 0.158 e. The third kappa shape index (κ3) is 2.39. The van der Waals surface area contributed by atoms with Crippen LogP contribution < -0.4 is 5.32 Å². The Morgan fingerprint density at radius 1 is 1.62 bits per heavy atom. The van der Waals surface area contributed by atoms with Gasteiger partial charge in [0.15, 0.2) is 5.78 Å². The summed E-state index contributed by atoms with van der Waals surface area (Å²) in [6, 6.07) is 4.04. The second-order valence-electron chi connectivity index (χ2n) is 4.27. The highest BCUT2D eigenvalue weighted by molar-refractivity contribution is 9.11. The lowest BCUT2D eigenvalue weighted by Crippen LogP contribution is -2.47. The van der Waals surface area contributed by atoms with Gasteiger partial charge in [0, 0.05) is 11.3 Å². The van der Waals surface area contributed by atoms with E-state index in [0.29, 0.717) is 12.2 Å². The van der Waals surface area contributed by atoms with Crippen molar-refractivity contribution in [1.29, 1.82) is 0 Å². The Labute approximate surface area is 109 Å². The molecule has 0 radical (unpaired) electrons. The summed E-state index contributed by atoms with van der Waals surface area (Å²) in [6.07, 6.45) is 3.58. The minimum atomic E-state index is -0.240. The fourth-order valence-corrected chi connectivity index (χ4v) is 3.80. The van der Waals surface area contributed by atoms with Crippen LogP contribution in [0.15, 0.2) is 15.9 Å². The number of carbonyl (C=O) groups excluding carboxylic acids is 1. The number of halogens is 1. The van der Waals surface area contributed by atoms with Crippen molar-refractivity contribution < 1.29 is 4.79 Å². The number of nitrogens with one attached hydrogen (secondary N) is 1. The number of hydrogen-bond acceptors (Lipinski definition) is 3. The molecular formula is C12H16BrNOS. The van der Waals surface area contributed by atoms with Gasteiger partial charge in [-0.05, 0) is 53.9 Å². The highest BCUT2D eigenvalue weighted by atomic mass is 79.9. The monoisotopic (exact) mass is 301 g/mol. The maximum atomic E-state index is 12.3. The van der Waals surface area contributed by atoms with Gasteiger partial charge in [-0.25, -0.2) is 0 Å². The fourth-order valence-electron chi connectivity index (χ4n) is 2.32. The normalized spacial score (nSPS) is 24.9. The molecule has 0 spiro atoms. The summed E-state index contributed by atoms with van der Waals surface area (Å²) in [7, 11) is 0. The van der Waals surface area contributed by atoms with Gasteiger partial charge in [-0.2, -0.15) is 0 Å². The van der Waals surface area contributed by atoms with Gasteiger partial charge in [0.05, 0.1) is 9.33 Å². The second kappa shape index (κ2) is 4.98. The molecule has 0 aliphatic carbocycles. The molecule has 1 fully saturated rings. The first-order valence-electron chi connectivity index (χ1n) is 5.69. The van der Waals surface area contributed by atoms with Crippen LogP contribution in [0.4, 0.5) is 0 Å². The minimum Gasteiger partial charge on any atom is -0.305 e. The van der Waals surface area contributed by atoms with E-state index in [-0.39, 0.29) is 5.54 Å². The van der Waals surface area contributed by atoms with E-state index in [1.165, 1.54) is 0 Å². The van der Waals surface area contributed by atoms with Crippen LogP contribution in [0.1, 0.15) is 31.1 Å². The van der Waals surface area contributed by atoms with Crippen LogP contribution in [0.2, 0.25) is 0 Å². The summed E-state index contributed by atoms with van der Waals surface area (Å²) < 4.78 is 1.10. The Hall–Kier alpha value is -0.190. The summed E-state index contributed by atoms with van der Waals surface area (Å²) in [5, 5.41) is 3.39.